The summed E-state index contributed by atoms with van der Waals surface area (Å²) in [5, 5.41) is -0.180. The number of sulfonamides is 1. The summed E-state index contributed by atoms with van der Waals surface area (Å²) in [7, 11) is -4.27. The molecule has 1 aliphatic rings. The van der Waals surface area contributed by atoms with E-state index in [0.29, 0.717) is 25.1 Å². The maximum absolute atomic E-state index is 12.9. The minimum Gasteiger partial charge on any atom is -0.338 e. The molecule has 0 unspecified atom stereocenters. The lowest BCUT2D eigenvalue weighted by Gasteiger charge is -2.31. The molecule has 0 spiro atoms. The lowest BCUT2D eigenvalue weighted by Crippen LogP contribution is -2.39. The van der Waals surface area contributed by atoms with Crippen LogP contribution in [0.5, 0.6) is 0 Å². The van der Waals surface area contributed by atoms with Gasteiger partial charge in [0.1, 0.15) is 0 Å². The van der Waals surface area contributed by atoms with Gasteiger partial charge in [-0.25, -0.2) is 8.42 Å². The Morgan fingerprint density at radius 1 is 1.20 bits per heavy atom. The van der Waals surface area contributed by atoms with E-state index in [1.54, 1.807) is 4.90 Å². The van der Waals surface area contributed by atoms with Gasteiger partial charge in [0, 0.05) is 18.7 Å². The van der Waals surface area contributed by atoms with Gasteiger partial charge in [0.05, 0.1) is 21.2 Å². The highest BCUT2D eigenvalue weighted by Crippen LogP contribution is 2.34. The van der Waals surface area contributed by atoms with Gasteiger partial charge in [-0.3, -0.25) is 9.52 Å². The zero-order chi connectivity index (χ0) is 22.1. The first-order chi connectivity index (χ1) is 14.0. The van der Waals surface area contributed by atoms with Crippen molar-refractivity contribution in [2.24, 2.45) is 5.92 Å². The van der Waals surface area contributed by atoms with Crippen LogP contribution in [0.1, 0.15) is 35.7 Å². The van der Waals surface area contributed by atoms with Crippen molar-refractivity contribution >= 4 is 33.2 Å². The number of piperidine rings is 1. The van der Waals surface area contributed by atoms with Gasteiger partial charge in [-0.05, 0) is 55.2 Å². The molecule has 30 heavy (non-hydrogen) atoms. The Morgan fingerprint density at radius 2 is 1.93 bits per heavy atom. The average Bonchev–Trinajstić information content (AvgIpc) is 2.68. The molecular formula is C20H20ClF3N2O3S. The van der Waals surface area contributed by atoms with E-state index < -0.39 is 27.5 Å². The number of rotatable bonds is 4. The molecule has 1 amide bonds. The lowest BCUT2D eigenvalue weighted by molar-refractivity contribution is -0.137. The van der Waals surface area contributed by atoms with Crippen molar-refractivity contribution in [3.05, 3.63) is 58.6 Å². The Hall–Kier alpha value is -2.26. The molecule has 0 saturated carbocycles. The normalized spacial score (nSPS) is 17.6. The first kappa shape index (κ1) is 22.4. The van der Waals surface area contributed by atoms with E-state index in [1.807, 2.05) is 6.92 Å². The smallest absolute Gasteiger partial charge is 0.338 e. The molecule has 10 heteroatoms. The predicted octanol–water partition coefficient (Wildman–Crippen LogP) is 5.03. The highest BCUT2D eigenvalue weighted by atomic mass is 35.5. The van der Waals surface area contributed by atoms with E-state index in [1.165, 1.54) is 24.3 Å². The summed E-state index contributed by atoms with van der Waals surface area (Å²) >= 11 is 5.88. The van der Waals surface area contributed by atoms with Gasteiger partial charge in [0.15, 0.2) is 0 Å². The molecule has 1 fully saturated rings. The third kappa shape index (κ3) is 5.07. The third-order valence-corrected chi connectivity index (χ3v) is 6.57. The molecule has 1 saturated heterocycles. The number of anilines is 1. The number of hydrogen-bond donors (Lipinski definition) is 1. The fourth-order valence-corrected chi connectivity index (χ4v) is 4.67. The largest absolute Gasteiger partial charge is 0.416 e. The average molecular weight is 461 g/mol. The fourth-order valence-electron chi connectivity index (χ4n) is 3.34. The Labute approximate surface area is 177 Å². The number of likely N-dealkylation sites (tertiary alicyclic amines) is 1. The standard InChI is InChI=1S/C20H20ClF3N2O3S/c1-13-4-3-9-26(12-13)19(27)14-5-2-6-16(10-14)30(28,29)25-18-11-15(20(22,23)24)7-8-17(18)21/h2,5-8,10-11,13,25H,3-4,9,12H2,1H3/t13-/m0/s1. The van der Waals surface area contributed by atoms with E-state index in [0.717, 1.165) is 25.0 Å². The number of benzene rings is 2. The summed E-state index contributed by atoms with van der Waals surface area (Å²) in [6.07, 6.45) is -2.75. The highest BCUT2D eigenvalue weighted by Gasteiger charge is 2.31. The number of carbonyl (C=O) groups excluding carboxylic acids is 1. The molecule has 5 nitrogen and oxygen atoms in total. The van der Waals surface area contributed by atoms with Gasteiger partial charge < -0.3 is 4.90 Å². The van der Waals surface area contributed by atoms with Gasteiger partial charge in [-0.2, -0.15) is 13.2 Å². The summed E-state index contributed by atoms with van der Waals surface area (Å²) < 4.78 is 66.4. The number of nitrogens with zero attached hydrogens (tertiary/aromatic N) is 1. The number of hydrogen-bond acceptors (Lipinski definition) is 3. The minimum atomic E-state index is -4.65. The molecule has 0 radical (unpaired) electrons. The first-order valence-electron chi connectivity index (χ1n) is 9.26. The molecule has 1 heterocycles. The number of carbonyl (C=O) groups is 1. The molecule has 1 N–H and O–H groups in total. The van der Waals surface area contributed by atoms with Crippen molar-refractivity contribution in [1.29, 1.82) is 0 Å². The zero-order valence-corrected chi connectivity index (χ0v) is 17.6. The van der Waals surface area contributed by atoms with Gasteiger partial charge in [0.25, 0.3) is 15.9 Å². The maximum Gasteiger partial charge on any atom is 0.416 e. The van der Waals surface area contributed by atoms with Crippen LogP contribution in [0.25, 0.3) is 0 Å². The number of amides is 1. The molecular weight excluding hydrogens is 441 g/mol. The van der Waals surface area contributed by atoms with Crippen molar-refractivity contribution < 1.29 is 26.4 Å². The molecule has 0 aliphatic carbocycles. The van der Waals surface area contributed by atoms with Crippen LogP contribution in [-0.2, 0) is 16.2 Å². The van der Waals surface area contributed by atoms with E-state index in [4.69, 9.17) is 11.6 Å². The molecule has 0 bridgehead atoms. The van der Waals surface area contributed by atoms with Crippen LogP contribution in [-0.4, -0.2) is 32.3 Å². The van der Waals surface area contributed by atoms with E-state index in [9.17, 15) is 26.4 Å². The second kappa shape index (κ2) is 8.47. The molecule has 2 aromatic carbocycles. The Balaban J connectivity index is 1.87. The second-order valence-corrected chi connectivity index (χ2v) is 9.41. The SMILES string of the molecule is C[C@H]1CCCN(C(=O)c2cccc(S(=O)(=O)Nc3cc(C(F)(F)F)ccc3Cl)c2)C1. The number of alkyl halides is 3. The summed E-state index contributed by atoms with van der Waals surface area (Å²) in [5.41, 5.74) is -1.23. The monoisotopic (exact) mass is 460 g/mol. The van der Waals surface area contributed by atoms with E-state index in [-0.39, 0.29) is 21.4 Å². The first-order valence-corrected chi connectivity index (χ1v) is 11.1. The minimum absolute atomic E-state index is 0.180. The summed E-state index contributed by atoms with van der Waals surface area (Å²) in [6, 6.07) is 7.77. The van der Waals surface area contributed by atoms with Crippen LogP contribution < -0.4 is 4.72 Å². The second-order valence-electron chi connectivity index (χ2n) is 7.32. The zero-order valence-electron chi connectivity index (χ0n) is 16.0. The van der Waals surface area contributed by atoms with Gasteiger partial charge in [-0.15, -0.1) is 0 Å². The molecule has 0 aromatic heterocycles. The quantitative estimate of drug-likeness (QED) is 0.695. The number of halogens is 4. The van der Waals surface area contributed by atoms with Crippen LogP contribution in [0.3, 0.4) is 0 Å². The van der Waals surface area contributed by atoms with E-state index >= 15 is 0 Å². The predicted molar refractivity (Wildman–Crippen MR) is 108 cm³/mol. The van der Waals surface area contributed by atoms with E-state index in [2.05, 4.69) is 4.72 Å². The van der Waals surface area contributed by atoms with Crippen LogP contribution in [0.4, 0.5) is 18.9 Å². The Bertz CT molecular complexity index is 1060. The fraction of sp³-hybridized carbons (Fsp3) is 0.350. The van der Waals surface area contributed by atoms with Crippen molar-refractivity contribution in [2.45, 2.75) is 30.8 Å². The molecule has 1 aliphatic heterocycles. The van der Waals surface area contributed by atoms with Crippen molar-refractivity contribution in [3.63, 3.8) is 0 Å². The van der Waals surface area contributed by atoms with Gasteiger partial charge >= 0.3 is 6.18 Å². The van der Waals surface area contributed by atoms with Crippen molar-refractivity contribution in [2.75, 3.05) is 17.8 Å². The molecule has 1 atom stereocenters. The Morgan fingerprint density at radius 3 is 2.60 bits per heavy atom. The maximum atomic E-state index is 12.9. The summed E-state index contributed by atoms with van der Waals surface area (Å²) in [5.74, 6) is 0.0787. The summed E-state index contributed by atoms with van der Waals surface area (Å²) in [4.78, 5) is 14.2. The van der Waals surface area contributed by atoms with Crippen LogP contribution in [0.2, 0.25) is 5.02 Å². The van der Waals surface area contributed by atoms with Crippen LogP contribution >= 0.6 is 11.6 Å². The Kier molecular flexibility index (Phi) is 6.33. The van der Waals surface area contributed by atoms with Crippen molar-refractivity contribution in [3.8, 4) is 0 Å². The highest BCUT2D eigenvalue weighted by molar-refractivity contribution is 7.92. The molecule has 162 valence electrons. The third-order valence-electron chi connectivity index (χ3n) is 4.87. The van der Waals surface area contributed by atoms with Gasteiger partial charge in [-0.1, -0.05) is 24.6 Å². The molecule has 2 aromatic rings. The molecule has 3 rings (SSSR count). The topological polar surface area (TPSA) is 66.5 Å². The van der Waals surface area contributed by atoms with Crippen molar-refractivity contribution in [1.82, 2.24) is 4.90 Å². The number of nitrogens with one attached hydrogen (secondary N) is 1. The summed E-state index contributed by atoms with van der Waals surface area (Å²) in [6.45, 7) is 3.23. The lowest BCUT2D eigenvalue weighted by atomic mass is 9.99. The van der Waals surface area contributed by atoms with Crippen LogP contribution in [0.15, 0.2) is 47.4 Å². The van der Waals surface area contributed by atoms with Crippen LogP contribution in [0, 0.1) is 5.92 Å². The van der Waals surface area contributed by atoms with Gasteiger partial charge in [0.2, 0.25) is 0 Å².